The molecular weight excluding hydrogens is 380 g/mol. The molecule has 0 aliphatic carbocycles. The summed E-state index contributed by atoms with van der Waals surface area (Å²) in [6.45, 7) is 1.03. The lowest BCUT2D eigenvalue weighted by Crippen LogP contribution is -2.02. The molecule has 30 heavy (non-hydrogen) atoms. The van der Waals surface area contributed by atoms with Crippen LogP contribution in [0.2, 0.25) is 0 Å². The van der Waals surface area contributed by atoms with E-state index in [-0.39, 0.29) is 6.42 Å². The number of carboxylic acid groups (broad SMARTS) is 1. The van der Waals surface area contributed by atoms with Crippen LogP contribution in [0.4, 0.5) is 5.69 Å². The van der Waals surface area contributed by atoms with E-state index in [1.807, 2.05) is 54.6 Å². The molecule has 0 unspecified atom stereocenters. The van der Waals surface area contributed by atoms with Crippen LogP contribution in [0.3, 0.4) is 0 Å². The lowest BCUT2D eigenvalue weighted by molar-refractivity contribution is -0.137. The summed E-state index contributed by atoms with van der Waals surface area (Å²) in [7, 11) is 0. The van der Waals surface area contributed by atoms with Crippen LogP contribution in [-0.4, -0.2) is 28.7 Å². The van der Waals surface area contributed by atoms with Crippen LogP contribution < -0.4 is 10.1 Å². The molecule has 0 saturated carbocycles. The van der Waals surface area contributed by atoms with Gasteiger partial charge in [-0.2, -0.15) is 0 Å². The summed E-state index contributed by atoms with van der Waals surface area (Å²) in [5, 5.41) is 13.5. The average molecular weight is 402 g/mol. The molecule has 0 aliphatic rings. The summed E-state index contributed by atoms with van der Waals surface area (Å²) in [5.74, 6) is -0.157. The Morgan fingerprint density at radius 1 is 1.03 bits per heavy atom. The van der Waals surface area contributed by atoms with Crippen molar-refractivity contribution in [1.82, 2.24) is 4.57 Å². The zero-order valence-electron chi connectivity index (χ0n) is 16.4. The Bertz CT molecular complexity index is 1200. The van der Waals surface area contributed by atoms with Gasteiger partial charge in [-0.05, 0) is 42.3 Å². The number of carboxylic acids is 1. The van der Waals surface area contributed by atoms with Crippen molar-refractivity contribution in [3.05, 3.63) is 72.3 Å². The highest BCUT2D eigenvalue weighted by Crippen LogP contribution is 2.36. The molecule has 2 N–H and O–H groups in total. The van der Waals surface area contributed by atoms with E-state index < -0.39 is 5.97 Å². The molecule has 1 aromatic heterocycles. The van der Waals surface area contributed by atoms with Gasteiger partial charge in [-0.3, -0.25) is 9.59 Å². The molecule has 1 amide bonds. The molecule has 0 fully saturated rings. The number of benzene rings is 3. The first-order valence-corrected chi connectivity index (χ1v) is 9.81. The molecule has 4 rings (SSSR count). The van der Waals surface area contributed by atoms with Crippen molar-refractivity contribution in [2.75, 3.05) is 11.9 Å². The maximum absolute atomic E-state index is 11.2. The number of hydrogen-bond donors (Lipinski definition) is 2. The van der Waals surface area contributed by atoms with Crippen molar-refractivity contribution < 1.29 is 19.4 Å². The SMILES string of the molecule is O=CNc1cccc2c1c1cc(OCCCC(=O)O)ccc1n2Cc1ccccc1. The number of nitrogens with one attached hydrogen (secondary N) is 1. The number of rotatable bonds is 9. The van der Waals surface area contributed by atoms with Crippen molar-refractivity contribution in [2.45, 2.75) is 19.4 Å². The van der Waals surface area contributed by atoms with E-state index in [0.29, 0.717) is 31.7 Å². The van der Waals surface area contributed by atoms with Crippen LogP contribution in [0.15, 0.2) is 66.7 Å². The minimum absolute atomic E-state index is 0.0754. The number of anilines is 1. The molecule has 6 heteroatoms. The molecule has 152 valence electrons. The largest absolute Gasteiger partial charge is 0.494 e. The normalized spacial score (nSPS) is 10.9. The zero-order chi connectivity index (χ0) is 20.9. The van der Waals surface area contributed by atoms with Crippen LogP contribution >= 0.6 is 0 Å². The molecule has 6 nitrogen and oxygen atoms in total. The third kappa shape index (κ3) is 3.98. The number of carbonyl (C=O) groups is 2. The van der Waals surface area contributed by atoms with Gasteiger partial charge in [0.25, 0.3) is 0 Å². The van der Waals surface area contributed by atoms with E-state index in [4.69, 9.17) is 9.84 Å². The lowest BCUT2D eigenvalue weighted by atomic mass is 10.1. The Balaban J connectivity index is 1.79. The summed E-state index contributed by atoms with van der Waals surface area (Å²) >= 11 is 0. The summed E-state index contributed by atoms with van der Waals surface area (Å²) in [5.41, 5.74) is 3.97. The highest BCUT2D eigenvalue weighted by atomic mass is 16.5. The maximum Gasteiger partial charge on any atom is 0.303 e. The third-order valence-electron chi connectivity index (χ3n) is 5.06. The fourth-order valence-electron chi connectivity index (χ4n) is 3.75. The van der Waals surface area contributed by atoms with Crippen molar-refractivity contribution in [3.63, 3.8) is 0 Å². The van der Waals surface area contributed by atoms with Crippen molar-refractivity contribution in [3.8, 4) is 5.75 Å². The topological polar surface area (TPSA) is 80.6 Å². The second-order valence-corrected chi connectivity index (χ2v) is 7.06. The molecule has 3 aromatic carbocycles. The van der Waals surface area contributed by atoms with Crippen LogP contribution in [0, 0.1) is 0 Å². The highest BCUT2D eigenvalue weighted by Gasteiger charge is 2.15. The van der Waals surface area contributed by atoms with Gasteiger partial charge < -0.3 is 19.7 Å². The number of nitrogens with zero attached hydrogens (tertiary/aromatic N) is 1. The second-order valence-electron chi connectivity index (χ2n) is 7.06. The smallest absolute Gasteiger partial charge is 0.303 e. The minimum atomic E-state index is -0.831. The molecule has 0 atom stereocenters. The number of amides is 1. The predicted octanol–water partition coefficient (Wildman–Crippen LogP) is 4.65. The monoisotopic (exact) mass is 402 g/mol. The molecule has 0 spiro atoms. The number of ether oxygens (including phenoxy) is 1. The van der Waals surface area contributed by atoms with Crippen LogP contribution in [0.25, 0.3) is 21.8 Å². The first-order valence-electron chi connectivity index (χ1n) is 9.81. The van der Waals surface area contributed by atoms with Crippen molar-refractivity contribution in [1.29, 1.82) is 0 Å². The fraction of sp³-hybridized carbons (Fsp3) is 0.167. The van der Waals surface area contributed by atoms with Crippen LogP contribution in [0.5, 0.6) is 5.75 Å². The summed E-state index contributed by atoms with van der Waals surface area (Å²) in [6.07, 6.45) is 1.20. The standard InChI is InChI=1S/C24H22N2O4/c27-16-25-20-8-4-9-22-24(20)19-14-18(30-13-5-10-23(28)29)11-12-21(19)26(22)15-17-6-2-1-3-7-17/h1-4,6-9,11-12,14,16H,5,10,13,15H2,(H,25,27)(H,28,29). The van der Waals surface area contributed by atoms with E-state index in [9.17, 15) is 9.59 Å². The second kappa shape index (κ2) is 8.69. The van der Waals surface area contributed by atoms with Crippen molar-refractivity contribution >= 4 is 39.9 Å². The van der Waals surface area contributed by atoms with Gasteiger partial charge in [0.15, 0.2) is 0 Å². The minimum Gasteiger partial charge on any atom is -0.494 e. The zero-order valence-corrected chi connectivity index (χ0v) is 16.4. The Labute approximate surface area is 173 Å². The molecule has 4 aromatic rings. The lowest BCUT2D eigenvalue weighted by Gasteiger charge is -2.09. The molecular formula is C24H22N2O4. The first kappa shape index (κ1) is 19.5. The fourth-order valence-corrected chi connectivity index (χ4v) is 3.75. The van der Waals surface area contributed by atoms with E-state index in [1.165, 1.54) is 5.56 Å². The van der Waals surface area contributed by atoms with E-state index in [0.717, 1.165) is 27.5 Å². The van der Waals surface area contributed by atoms with Crippen LogP contribution in [-0.2, 0) is 16.1 Å². The van der Waals surface area contributed by atoms with Gasteiger partial charge in [-0.25, -0.2) is 0 Å². The van der Waals surface area contributed by atoms with Gasteiger partial charge >= 0.3 is 5.97 Å². The van der Waals surface area contributed by atoms with Gasteiger partial charge in [0, 0.05) is 29.3 Å². The van der Waals surface area contributed by atoms with Gasteiger partial charge in [-0.1, -0.05) is 36.4 Å². The number of hydrogen-bond acceptors (Lipinski definition) is 3. The first-order chi connectivity index (χ1) is 14.7. The Morgan fingerprint density at radius 3 is 2.63 bits per heavy atom. The Morgan fingerprint density at radius 2 is 1.87 bits per heavy atom. The summed E-state index contributed by atoms with van der Waals surface area (Å²) in [4.78, 5) is 21.8. The van der Waals surface area contributed by atoms with E-state index >= 15 is 0 Å². The number of aliphatic carboxylic acids is 1. The molecule has 1 heterocycles. The Kier molecular flexibility index (Phi) is 5.66. The van der Waals surface area contributed by atoms with Crippen molar-refractivity contribution in [2.24, 2.45) is 0 Å². The summed E-state index contributed by atoms with van der Waals surface area (Å²) < 4.78 is 8.00. The van der Waals surface area contributed by atoms with E-state index in [1.54, 1.807) is 0 Å². The van der Waals surface area contributed by atoms with Gasteiger partial charge in [0.1, 0.15) is 5.75 Å². The third-order valence-corrected chi connectivity index (χ3v) is 5.06. The summed E-state index contributed by atoms with van der Waals surface area (Å²) in [6, 6.07) is 21.9. The quantitative estimate of drug-likeness (QED) is 0.315. The van der Waals surface area contributed by atoms with Gasteiger partial charge in [0.05, 0.1) is 17.8 Å². The molecule has 0 radical (unpaired) electrons. The average Bonchev–Trinajstić information content (AvgIpc) is 3.06. The maximum atomic E-state index is 11.2. The number of carbonyl (C=O) groups excluding carboxylic acids is 1. The number of aromatic nitrogens is 1. The van der Waals surface area contributed by atoms with E-state index in [2.05, 4.69) is 22.0 Å². The number of fused-ring (bicyclic) bond motifs is 3. The highest BCUT2D eigenvalue weighted by molar-refractivity contribution is 6.15. The molecule has 0 saturated heterocycles. The van der Waals surface area contributed by atoms with Gasteiger partial charge in [0.2, 0.25) is 6.41 Å². The molecule has 0 bridgehead atoms. The predicted molar refractivity (Wildman–Crippen MR) is 117 cm³/mol. The Hall–Kier alpha value is -3.80. The van der Waals surface area contributed by atoms with Crippen LogP contribution in [0.1, 0.15) is 18.4 Å². The van der Waals surface area contributed by atoms with Gasteiger partial charge in [-0.15, -0.1) is 0 Å². The molecule has 0 aliphatic heterocycles.